The van der Waals surface area contributed by atoms with E-state index in [4.69, 9.17) is 4.74 Å². The van der Waals surface area contributed by atoms with Crippen LogP contribution in [-0.2, 0) is 21.4 Å². The van der Waals surface area contributed by atoms with Crippen LogP contribution in [0.1, 0.15) is 31.2 Å². The Labute approximate surface area is 172 Å². The number of ether oxygens (including phenoxy) is 1. The lowest BCUT2D eigenvalue weighted by molar-refractivity contribution is -0.142. The average Bonchev–Trinajstić information content (AvgIpc) is 3.30. The van der Waals surface area contributed by atoms with Gasteiger partial charge in [-0.3, -0.25) is 14.3 Å². The maximum absolute atomic E-state index is 13.3. The fourth-order valence-corrected chi connectivity index (χ4v) is 4.18. The van der Waals surface area contributed by atoms with Gasteiger partial charge in [0.25, 0.3) is 0 Å². The molecule has 2 N–H and O–H groups in total. The van der Waals surface area contributed by atoms with Gasteiger partial charge in [-0.05, 0) is 25.3 Å². The molecule has 2 fully saturated rings. The molecule has 1 aromatic heterocycles. The van der Waals surface area contributed by atoms with E-state index < -0.39 is 0 Å². The summed E-state index contributed by atoms with van der Waals surface area (Å²) in [5.41, 5.74) is 1.10. The third kappa shape index (κ3) is 5.04. The van der Waals surface area contributed by atoms with Crippen molar-refractivity contribution in [3.05, 3.63) is 18.0 Å². The fraction of sp³-hybridized carbons (Fsp3) is 0.737. The number of aryl methyl sites for hydroxylation is 1. The number of nitrogens with one attached hydrogen (secondary N) is 2. The minimum atomic E-state index is -0.145. The maximum Gasteiger partial charge on any atom is 0.227 e. The number of amides is 2. The number of nitrogens with zero attached hydrogens (tertiary/aromatic N) is 3. The molecule has 0 spiro atoms. The first-order valence-corrected chi connectivity index (χ1v) is 9.77. The summed E-state index contributed by atoms with van der Waals surface area (Å²) in [4.78, 5) is 27.7. The van der Waals surface area contributed by atoms with Crippen LogP contribution in [0.2, 0.25) is 0 Å². The van der Waals surface area contributed by atoms with Crippen molar-refractivity contribution in [3.8, 4) is 0 Å². The van der Waals surface area contributed by atoms with E-state index >= 15 is 0 Å². The van der Waals surface area contributed by atoms with Gasteiger partial charge in [0.15, 0.2) is 0 Å². The van der Waals surface area contributed by atoms with Crippen molar-refractivity contribution >= 4 is 24.2 Å². The topological polar surface area (TPSA) is 88.5 Å². The zero-order valence-electron chi connectivity index (χ0n) is 16.9. The molecule has 28 heavy (non-hydrogen) atoms. The quantitative estimate of drug-likeness (QED) is 0.664. The van der Waals surface area contributed by atoms with Crippen LogP contribution in [0, 0.1) is 11.8 Å². The molecule has 4 atom stereocenters. The molecular weight excluding hydrogens is 382 g/mol. The number of methoxy groups -OCH3 is 1. The van der Waals surface area contributed by atoms with Crippen molar-refractivity contribution < 1.29 is 14.3 Å². The van der Waals surface area contributed by atoms with Crippen LogP contribution in [0.5, 0.6) is 0 Å². The maximum atomic E-state index is 13.3. The number of carbonyl (C=O) groups excluding carboxylic acids is 2. The van der Waals surface area contributed by atoms with Gasteiger partial charge >= 0.3 is 0 Å². The number of halogens is 1. The summed E-state index contributed by atoms with van der Waals surface area (Å²) >= 11 is 0. The Hall–Kier alpha value is -1.64. The molecule has 2 aliphatic rings. The van der Waals surface area contributed by atoms with Crippen LogP contribution >= 0.6 is 12.4 Å². The van der Waals surface area contributed by atoms with E-state index in [1.165, 1.54) is 0 Å². The van der Waals surface area contributed by atoms with E-state index in [0.29, 0.717) is 26.2 Å². The second-order valence-corrected chi connectivity index (χ2v) is 7.72. The van der Waals surface area contributed by atoms with Crippen LogP contribution in [0.4, 0.5) is 0 Å². The van der Waals surface area contributed by atoms with Gasteiger partial charge in [-0.25, -0.2) is 0 Å². The third-order valence-corrected chi connectivity index (χ3v) is 5.83. The molecule has 0 radical (unpaired) electrons. The molecule has 8 nitrogen and oxygen atoms in total. The molecule has 2 unspecified atom stereocenters. The van der Waals surface area contributed by atoms with Crippen LogP contribution in [0.25, 0.3) is 0 Å². The Balaban J connectivity index is 0.00000280. The molecule has 9 heteroatoms. The molecule has 2 aliphatic heterocycles. The summed E-state index contributed by atoms with van der Waals surface area (Å²) in [7, 11) is 3.51. The number of hydrogen-bond acceptors (Lipinski definition) is 5. The van der Waals surface area contributed by atoms with Crippen LogP contribution in [0.3, 0.4) is 0 Å². The third-order valence-electron chi connectivity index (χ3n) is 5.83. The highest BCUT2D eigenvalue weighted by Gasteiger charge is 2.41. The molecule has 3 heterocycles. The standard InChI is InChI=1S/C19H31N5O3.ClH/c1-13-4-5-14(18(25)21-6-7-27-3)12-24(13)19(26)17-10-20-9-16(17)15-8-22-23(2)11-15;/h8,11,13-14,16-17,20H,4-7,9-10,12H2,1-3H3,(H,21,25);1H/t13?,14?,16-,17+;/m1./s1. The zero-order chi connectivity index (χ0) is 19.4. The molecule has 0 saturated carbocycles. The van der Waals surface area contributed by atoms with Crippen molar-refractivity contribution in [2.75, 3.05) is 39.9 Å². The molecule has 3 rings (SSSR count). The number of hydrogen-bond donors (Lipinski definition) is 2. The molecule has 2 saturated heterocycles. The summed E-state index contributed by atoms with van der Waals surface area (Å²) in [6, 6.07) is 0.163. The van der Waals surface area contributed by atoms with E-state index in [-0.39, 0.29) is 48.0 Å². The Morgan fingerprint density at radius 3 is 2.82 bits per heavy atom. The summed E-state index contributed by atoms with van der Waals surface area (Å²) in [5, 5.41) is 10.5. The van der Waals surface area contributed by atoms with Gasteiger partial charge in [-0.15, -0.1) is 12.4 Å². The number of aromatic nitrogens is 2. The first-order chi connectivity index (χ1) is 13.0. The second-order valence-electron chi connectivity index (χ2n) is 7.72. The van der Waals surface area contributed by atoms with E-state index in [1.54, 1.807) is 11.8 Å². The van der Waals surface area contributed by atoms with Crippen molar-refractivity contribution in [2.24, 2.45) is 18.9 Å². The lowest BCUT2D eigenvalue weighted by Crippen LogP contribution is -2.52. The highest BCUT2D eigenvalue weighted by atomic mass is 35.5. The van der Waals surface area contributed by atoms with Crippen LogP contribution in [-0.4, -0.2) is 72.4 Å². The molecule has 2 amide bonds. The van der Waals surface area contributed by atoms with Gasteiger partial charge in [0.05, 0.1) is 24.6 Å². The van der Waals surface area contributed by atoms with Crippen molar-refractivity contribution in [3.63, 3.8) is 0 Å². The number of rotatable bonds is 6. The van der Waals surface area contributed by atoms with E-state index in [1.807, 2.05) is 24.3 Å². The Morgan fingerprint density at radius 2 is 2.14 bits per heavy atom. The summed E-state index contributed by atoms with van der Waals surface area (Å²) in [6.07, 6.45) is 5.51. The van der Waals surface area contributed by atoms with E-state index in [0.717, 1.165) is 24.9 Å². The number of likely N-dealkylation sites (tertiary alicyclic amines) is 1. The van der Waals surface area contributed by atoms with Crippen LogP contribution < -0.4 is 10.6 Å². The van der Waals surface area contributed by atoms with Gasteiger partial charge < -0.3 is 20.3 Å². The van der Waals surface area contributed by atoms with Gasteiger partial charge in [-0.1, -0.05) is 0 Å². The first-order valence-electron chi connectivity index (χ1n) is 9.77. The molecule has 0 aliphatic carbocycles. The normalized spacial score (nSPS) is 27.3. The fourth-order valence-electron chi connectivity index (χ4n) is 4.18. The SMILES string of the molecule is COCCNC(=O)C1CCC(C)N(C(=O)[C@H]2CNC[C@@H]2c2cnn(C)c2)C1.Cl. The lowest BCUT2D eigenvalue weighted by atomic mass is 9.86. The predicted molar refractivity (Wildman–Crippen MR) is 108 cm³/mol. The van der Waals surface area contributed by atoms with Crippen molar-refractivity contribution in [1.82, 2.24) is 25.3 Å². The Bertz CT molecular complexity index is 668. The van der Waals surface area contributed by atoms with Crippen molar-refractivity contribution in [2.45, 2.75) is 31.7 Å². The average molecular weight is 414 g/mol. The monoisotopic (exact) mass is 413 g/mol. The Kier molecular flexibility index (Phi) is 8.27. The predicted octanol–water partition coefficient (Wildman–Crippen LogP) is 0.535. The van der Waals surface area contributed by atoms with E-state index in [2.05, 4.69) is 22.7 Å². The van der Waals surface area contributed by atoms with Crippen LogP contribution in [0.15, 0.2) is 12.4 Å². The number of piperidine rings is 1. The Morgan fingerprint density at radius 1 is 1.36 bits per heavy atom. The molecule has 1 aromatic rings. The first kappa shape index (κ1) is 22.6. The highest BCUT2D eigenvalue weighted by Crippen LogP contribution is 2.32. The second kappa shape index (κ2) is 10.2. The minimum Gasteiger partial charge on any atom is -0.383 e. The number of carbonyl (C=O) groups is 2. The van der Waals surface area contributed by atoms with Gasteiger partial charge in [0, 0.05) is 58.5 Å². The van der Waals surface area contributed by atoms with Gasteiger partial charge in [-0.2, -0.15) is 5.10 Å². The zero-order valence-corrected chi connectivity index (χ0v) is 17.7. The smallest absolute Gasteiger partial charge is 0.227 e. The van der Waals surface area contributed by atoms with E-state index in [9.17, 15) is 9.59 Å². The summed E-state index contributed by atoms with van der Waals surface area (Å²) in [6.45, 7) is 5.04. The highest BCUT2D eigenvalue weighted by molar-refractivity contribution is 5.85. The van der Waals surface area contributed by atoms with Crippen molar-refractivity contribution in [1.29, 1.82) is 0 Å². The minimum absolute atomic E-state index is 0. The van der Waals surface area contributed by atoms with Gasteiger partial charge in [0.2, 0.25) is 11.8 Å². The van der Waals surface area contributed by atoms with Gasteiger partial charge in [0.1, 0.15) is 0 Å². The molecule has 0 bridgehead atoms. The largest absolute Gasteiger partial charge is 0.383 e. The molecule has 0 aromatic carbocycles. The molecule has 158 valence electrons. The summed E-state index contributed by atoms with van der Waals surface area (Å²) in [5.74, 6) is 0.0512. The lowest BCUT2D eigenvalue weighted by Gasteiger charge is -2.39. The summed E-state index contributed by atoms with van der Waals surface area (Å²) < 4.78 is 6.76. The molecular formula is C19H32ClN5O3.